The van der Waals surface area contributed by atoms with Crippen molar-refractivity contribution in [2.24, 2.45) is 0 Å². The molecule has 0 aromatic rings. The average molecular weight is 217 g/mol. The van der Waals surface area contributed by atoms with E-state index in [0.717, 1.165) is 0 Å². The van der Waals surface area contributed by atoms with Crippen LogP contribution in [0.15, 0.2) is 0 Å². The van der Waals surface area contributed by atoms with Crippen molar-refractivity contribution in [3.63, 3.8) is 0 Å². The van der Waals surface area contributed by atoms with Crippen LogP contribution in [0.3, 0.4) is 0 Å². The van der Waals surface area contributed by atoms with Crippen LogP contribution < -0.4 is 0 Å². The van der Waals surface area contributed by atoms with Gasteiger partial charge in [0.05, 0.1) is 0 Å². The van der Waals surface area contributed by atoms with E-state index in [2.05, 4.69) is 11.6 Å². The molecule has 4 nitrogen and oxygen atoms in total. The Morgan fingerprint density at radius 3 is 1.50 bits per heavy atom. The lowest BCUT2D eigenvalue weighted by Crippen LogP contribution is -1.74. The molecule has 0 heterocycles. The minimum Gasteiger partial charge on any atom is -0.483 e. The molecule has 0 aliphatic heterocycles. The van der Waals surface area contributed by atoms with Gasteiger partial charge in [0.2, 0.25) is 10.5 Å². The molecule has 0 aromatic heterocycles. The maximum absolute atomic E-state index is 9.58. The van der Waals surface area contributed by atoms with Gasteiger partial charge in [-0.2, -0.15) is 0 Å². The van der Waals surface area contributed by atoms with Crippen molar-refractivity contribution in [2.45, 2.75) is 20.3 Å². The quantitative estimate of drug-likeness (QED) is 0.535. The summed E-state index contributed by atoms with van der Waals surface area (Å²) in [5, 5.41) is 6.25. The summed E-state index contributed by atoms with van der Waals surface area (Å²) in [5.74, 6) is 0. The maximum atomic E-state index is 9.58. The summed E-state index contributed by atoms with van der Waals surface area (Å²) in [4.78, 5) is 27.1. The largest absolute Gasteiger partial charge is 0.483 e. The van der Waals surface area contributed by atoms with Crippen molar-refractivity contribution < 1.29 is 19.5 Å². The van der Waals surface area contributed by atoms with E-state index in [1.54, 1.807) is 6.92 Å². The first-order valence-corrected chi connectivity index (χ1v) is 3.60. The highest BCUT2D eigenvalue weighted by atomic mass is 35.5. The van der Waals surface area contributed by atoms with Gasteiger partial charge in [-0.25, -0.2) is 0 Å². The zero-order valence-corrected chi connectivity index (χ0v) is 8.22. The van der Waals surface area contributed by atoms with Crippen LogP contribution in [-0.4, -0.2) is 22.1 Å². The molecule has 72 valence electrons. The zero-order valence-electron chi connectivity index (χ0n) is 6.71. The Balaban J connectivity index is -0.000000105. The molecule has 0 spiro atoms. The predicted octanol–water partition coefficient (Wildman–Crippen LogP) is 1.63. The minimum atomic E-state index is -0.361. The molecule has 0 saturated heterocycles. The lowest BCUT2D eigenvalue weighted by molar-refractivity contribution is -0.123. The molecule has 0 bridgehead atoms. The molecule has 0 unspecified atom stereocenters. The second-order valence-electron chi connectivity index (χ2n) is 1.28. The van der Waals surface area contributed by atoms with Crippen molar-refractivity contribution in [3.05, 3.63) is 0 Å². The maximum Gasteiger partial charge on any atom is 0.290 e. The molecular formula is C6H10Cl2O4. The highest BCUT2D eigenvalue weighted by molar-refractivity contribution is 6.63. The Kier molecular flexibility index (Phi) is 24.4. The first kappa shape index (κ1) is 17.5. The highest BCUT2D eigenvalue weighted by Gasteiger charge is 1.81. The van der Waals surface area contributed by atoms with Crippen LogP contribution in [0.25, 0.3) is 0 Å². The number of halogens is 2. The molecule has 0 amide bonds. The second-order valence-corrected chi connectivity index (χ2v) is 2.24. The Morgan fingerprint density at radius 1 is 1.42 bits per heavy atom. The molecule has 1 N–H and O–H groups in total. The zero-order chi connectivity index (χ0) is 10.6. The fourth-order valence-electron chi connectivity index (χ4n) is 0. The number of hydrogen-bond acceptors (Lipinski definition) is 3. The van der Waals surface area contributed by atoms with E-state index >= 15 is 0 Å². The van der Waals surface area contributed by atoms with Gasteiger partial charge in [-0.15, -0.1) is 0 Å². The number of hydrogen-bond donors (Lipinski definition) is 1. The summed E-state index contributed by atoms with van der Waals surface area (Å²) >= 11 is 9.46. The van der Waals surface area contributed by atoms with Gasteiger partial charge in [0.1, 0.15) is 0 Å². The number of carbonyl (C=O) groups excluding carboxylic acids is 2. The molecule has 0 aromatic carbocycles. The van der Waals surface area contributed by atoms with Gasteiger partial charge in [0.25, 0.3) is 6.47 Å². The van der Waals surface area contributed by atoms with Gasteiger partial charge in [0.15, 0.2) is 0 Å². The molecule has 0 fully saturated rings. The predicted molar refractivity (Wildman–Crippen MR) is 46.4 cm³/mol. The molecule has 0 atom stereocenters. The number of carboxylic acid groups (broad SMARTS) is 1. The second kappa shape index (κ2) is 16.8. The van der Waals surface area contributed by atoms with Crippen molar-refractivity contribution in [1.29, 1.82) is 0 Å². The number of carbonyl (C=O) groups is 3. The van der Waals surface area contributed by atoms with E-state index in [-0.39, 0.29) is 17.0 Å². The van der Waals surface area contributed by atoms with Gasteiger partial charge in [0, 0.05) is 13.3 Å². The van der Waals surface area contributed by atoms with E-state index < -0.39 is 0 Å². The first-order chi connectivity index (χ1) is 5.42. The Morgan fingerprint density at radius 2 is 1.50 bits per heavy atom. The lowest BCUT2D eigenvalue weighted by atomic mass is 10.6. The fourth-order valence-corrected chi connectivity index (χ4v) is 0. The highest BCUT2D eigenvalue weighted by Crippen LogP contribution is 1.81. The van der Waals surface area contributed by atoms with Crippen LogP contribution in [0.4, 0.5) is 0 Å². The standard InChI is InChI=1S/C3H5ClO.C2H3ClO.CH2O2/c1-2-3(4)5;1-2(3)4;2-1-3/h2H2,1H3;1H3;1H,(H,2,3). The van der Waals surface area contributed by atoms with Gasteiger partial charge < -0.3 is 5.11 Å². The SMILES string of the molecule is CC(=O)Cl.CCC(=O)Cl.O=CO. The van der Waals surface area contributed by atoms with E-state index in [1.807, 2.05) is 0 Å². The van der Waals surface area contributed by atoms with E-state index in [9.17, 15) is 9.59 Å². The normalized spacial score (nSPS) is 6.33. The summed E-state index contributed by atoms with van der Waals surface area (Å²) in [7, 11) is 0. The molecule has 12 heavy (non-hydrogen) atoms. The third kappa shape index (κ3) is 342. The summed E-state index contributed by atoms with van der Waals surface area (Å²) in [5.41, 5.74) is 0. The third-order valence-corrected chi connectivity index (χ3v) is 0.545. The third-order valence-electron chi connectivity index (χ3n) is 0.278. The molecule has 0 saturated carbocycles. The average Bonchev–Trinajstić information content (AvgIpc) is 1.88. The summed E-state index contributed by atoms with van der Waals surface area (Å²) < 4.78 is 0. The molecule has 0 aliphatic carbocycles. The van der Waals surface area contributed by atoms with E-state index in [0.29, 0.717) is 6.42 Å². The van der Waals surface area contributed by atoms with Crippen LogP contribution in [0.2, 0.25) is 0 Å². The summed E-state index contributed by atoms with van der Waals surface area (Å²) in [6.07, 6.45) is 0.432. The van der Waals surface area contributed by atoms with Gasteiger partial charge >= 0.3 is 0 Å². The van der Waals surface area contributed by atoms with Crippen molar-refractivity contribution in [3.8, 4) is 0 Å². The number of rotatable bonds is 1. The van der Waals surface area contributed by atoms with Crippen molar-refractivity contribution in [1.82, 2.24) is 0 Å². The summed E-state index contributed by atoms with van der Waals surface area (Å²) in [6, 6.07) is 0. The smallest absolute Gasteiger partial charge is 0.290 e. The van der Waals surface area contributed by atoms with E-state index in [1.165, 1.54) is 6.92 Å². The fraction of sp³-hybridized carbons (Fsp3) is 0.500. The molecule has 0 aliphatic rings. The van der Waals surface area contributed by atoms with Crippen molar-refractivity contribution in [2.75, 3.05) is 0 Å². The first-order valence-electron chi connectivity index (χ1n) is 2.84. The van der Waals surface area contributed by atoms with Crippen LogP contribution in [0.1, 0.15) is 20.3 Å². The Labute approximate surface area is 80.5 Å². The topological polar surface area (TPSA) is 71.4 Å². The van der Waals surface area contributed by atoms with Crippen LogP contribution in [-0.2, 0) is 14.4 Å². The minimum absolute atomic E-state index is 0.250. The molecule has 0 radical (unpaired) electrons. The molecule has 0 rings (SSSR count). The van der Waals surface area contributed by atoms with E-state index in [4.69, 9.17) is 21.5 Å². The van der Waals surface area contributed by atoms with Crippen LogP contribution in [0, 0.1) is 0 Å². The monoisotopic (exact) mass is 216 g/mol. The van der Waals surface area contributed by atoms with Crippen LogP contribution >= 0.6 is 23.2 Å². The summed E-state index contributed by atoms with van der Waals surface area (Å²) in [6.45, 7) is 2.76. The van der Waals surface area contributed by atoms with Gasteiger partial charge in [-0.3, -0.25) is 14.4 Å². The van der Waals surface area contributed by atoms with Crippen LogP contribution in [0.5, 0.6) is 0 Å². The Hall–Kier alpha value is -0.610. The van der Waals surface area contributed by atoms with Gasteiger partial charge in [-0.05, 0) is 23.2 Å². The Bertz CT molecular complexity index is 132. The molecular weight excluding hydrogens is 207 g/mol. The molecule has 6 heteroatoms. The van der Waals surface area contributed by atoms with Gasteiger partial charge in [-0.1, -0.05) is 6.92 Å². The lowest BCUT2D eigenvalue weighted by Gasteiger charge is -1.68. The van der Waals surface area contributed by atoms with Crippen molar-refractivity contribution >= 4 is 40.2 Å².